The van der Waals surface area contributed by atoms with E-state index in [1.54, 1.807) is 18.2 Å². The lowest BCUT2D eigenvalue weighted by molar-refractivity contribution is -0.174. The number of hydrogen-bond donors (Lipinski definition) is 4. The molecule has 4 aliphatic carbocycles. The number of rotatable bonds is 5. The van der Waals surface area contributed by atoms with Gasteiger partial charge in [0.1, 0.15) is 0 Å². The Labute approximate surface area is 241 Å². The quantitative estimate of drug-likeness (QED) is 0.278. The van der Waals surface area contributed by atoms with Crippen molar-refractivity contribution in [3.05, 3.63) is 23.2 Å². The molecule has 0 saturated heterocycles. The predicted molar refractivity (Wildman–Crippen MR) is 156 cm³/mol. The van der Waals surface area contributed by atoms with Crippen LogP contribution in [-0.4, -0.2) is 38.4 Å². The molecule has 1 aromatic heterocycles. The van der Waals surface area contributed by atoms with Gasteiger partial charge in [0, 0.05) is 16.8 Å². The van der Waals surface area contributed by atoms with Gasteiger partial charge in [0.05, 0.1) is 17.7 Å². The molecule has 0 spiro atoms. The molecular weight excluding hydrogens is 526 g/mol. The molecule has 0 radical (unpaired) electrons. The summed E-state index contributed by atoms with van der Waals surface area (Å²) in [6.07, 6.45) is 8.90. The van der Waals surface area contributed by atoms with Gasteiger partial charge in [0.2, 0.25) is 5.88 Å². The fraction of sp³-hybridized carbons (Fsp3) is 0.719. The molecule has 218 valence electrons. The van der Waals surface area contributed by atoms with Crippen LogP contribution in [0.1, 0.15) is 85.0 Å². The predicted octanol–water partition coefficient (Wildman–Crippen LogP) is 7.54. The molecule has 1 heterocycles. The number of hydrogen-bond acceptors (Lipinski definition) is 5. The number of aromatic nitrogens is 1. The zero-order valence-electron chi connectivity index (χ0n) is 23.9. The van der Waals surface area contributed by atoms with E-state index in [2.05, 4.69) is 36.0 Å². The lowest BCUT2D eigenvalue weighted by Gasteiger charge is -2.62. The van der Waals surface area contributed by atoms with Crippen LogP contribution in [-0.2, 0) is 4.79 Å². The molecule has 0 bridgehead atoms. The molecule has 4 aliphatic rings. The van der Waals surface area contributed by atoms with Gasteiger partial charge in [0.15, 0.2) is 5.69 Å². The number of carbonyl (C=O) groups is 1. The van der Waals surface area contributed by atoms with E-state index in [4.69, 9.17) is 11.6 Å². The number of nitrogens with zero attached hydrogens (tertiary/aromatic N) is 2. The molecule has 0 aliphatic heterocycles. The Bertz CT molecular complexity index is 1310. The second kappa shape index (κ2) is 10.4. The first-order valence-corrected chi connectivity index (χ1v) is 15.7. The summed E-state index contributed by atoms with van der Waals surface area (Å²) in [6, 6.07) is 5.18. The lowest BCUT2D eigenvalue weighted by atomic mass is 9.43. The summed E-state index contributed by atoms with van der Waals surface area (Å²) in [6.45, 7) is 7.19. The Morgan fingerprint density at radius 1 is 1.10 bits per heavy atom. The number of fused-ring (bicyclic) bond motifs is 6. The summed E-state index contributed by atoms with van der Waals surface area (Å²) < 4.78 is 0. The van der Waals surface area contributed by atoms with Crippen LogP contribution in [0.3, 0.4) is 0 Å². The molecule has 6 rings (SSSR count). The zero-order chi connectivity index (χ0) is 28.4. The third kappa shape index (κ3) is 4.60. The maximum absolute atomic E-state index is 12.7. The SMILES string of the molecule is CC(CCC(=O)N=Nc1c(O)[nH]c2ccc(Cl)cc12)C1CCC2C3C(O)CC4CC(O)CCC4(C)C3CCC12C. The van der Waals surface area contributed by atoms with Crippen molar-refractivity contribution in [1.82, 2.24) is 4.98 Å². The molecule has 2 aromatic rings. The van der Waals surface area contributed by atoms with Gasteiger partial charge in [-0.25, -0.2) is 0 Å². The van der Waals surface area contributed by atoms with Crippen molar-refractivity contribution in [2.24, 2.45) is 56.6 Å². The maximum atomic E-state index is 12.7. The van der Waals surface area contributed by atoms with E-state index in [0.29, 0.717) is 57.9 Å². The van der Waals surface area contributed by atoms with Gasteiger partial charge >= 0.3 is 0 Å². The van der Waals surface area contributed by atoms with E-state index < -0.39 is 0 Å². The highest BCUT2D eigenvalue weighted by atomic mass is 35.5. The van der Waals surface area contributed by atoms with Gasteiger partial charge in [0.25, 0.3) is 5.91 Å². The molecule has 8 heteroatoms. The monoisotopic (exact) mass is 569 g/mol. The first-order chi connectivity index (χ1) is 19.0. The smallest absolute Gasteiger partial charge is 0.264 e. The Balaban J connectivity index is 1.11. The number of nitrogens with one attached hydrogen (secondary N) is 1. The number of amides is 1. The minimum absolute atomic E-state index is 0.128. The standard InChI is InChI=1S/C32H44ClN3O4/c1-17(4-9-27(39)35-36-29-21-16-19(33)5-8-25(21)34-30(29)40)22-6-7-23-28-24(11-13-32(22,23)3)31(2)12-10-20(37)14-18(31)15-26(28)38/h5,8,16-18,20,22-24,26,28,34,37-38,40H,4,6-7,9-15H2,1-3H3. The van der Waals surface area contributed by atoms with Crippen LogP contribution in [0.25, 0.3) is 10.9 Å². The molecular formula is C32H44ClN3O4. The van der Waals surface area contributed by atoms with Crippen LogP contribution in [0.2, 0.25) is 5.02 Å². The largest absolute Gasteiger partial charge is 0.493 e. The Kier molecular flexibility index (Phi) is 7.32. The van der Waals surface area contributed by atoms with E-state index in [0.717, 1.165) is 51.4 Å². The van der Waals surface area contributed by atoms with Crippen molar-refractivity contribution >= 4 is 34.1 Å². The van der Waals surface area contributed by atoms with Gasteiger partial charge < -0.3 is 20.3 Å². The third-order valence-corrected chi connectivity index (χ3v) is 12.4. The van der Waals surface area contributed by atoms with Crippen LogP contribution in [0.4, 0.5) is 5.69 Å². The van der Waals surface area contributed by atoms with Crippen molar-refractivity contribution in [2.45, 2.75) is 97.2 Å². The van der Waals surface area contributed by atoms with E-state index in [1.807, 2.05) is 0 Å². The minimum atomic E-state index is -0.285. The molecule has 40 heavy (non-hydrogen) atoms. The summed E-state index contributed by atoms with van der Waals surface area (Å²) >= 11 is 6.10. The topological polar surface area (TPSA) is 118 Å². The highest BCUT2D eigenvalue weighted by molar-refractivity contribution is 6.31. The van der Waals surface area contributed by atoms with Crippen molar-refractivity contribution in [2.75, 3.05) is 0 Å². The van der Waals surface area contributed by atoms with Gasteiger partial charge in [-0.3, -0.25) is 4.79 Å². The van der Waals surface area contributed by atoms with Crippen LogP contribution in [0.15, 0.2) is 28.4 Å². The zero-order valence-corrected chi connectivity index (χ0v) is 24.7. The molecule has 10 atom stereocenters. The molecule has 7 nitrogen and oxygen atoms in total. The summed E-state index contributed by atoms with van der Waals surface area (Å²) in [7, 11) is 0. The second-order valence-electron chi connectivity index (χ2n) is 14.1. The maximum Gasteiger partial charge on any atom is 0.264 e. The molecule has 4 saturated carbocycles. The fourth-order valence-corrected chi connectivity index (χ4v) is 10.3. The number of carbonyl (C=O) groups excluding carboxylic acids is 1. The van der Waals surface area contributed by atoms with Gasteiger partial charge in [-0.05, 0) is 122 Å². The van der Waals surface area contributed by atoms with Crippen LogP contribution in [0, 0.1) is 46.3 Å². The van der Waals surface area contributed by atoms with Crippen LogP contribution >= 0.6 is 11.6 Å². The molecule has 1 amide bonds. The van der Waals surface area contributed by atoms with Crippen molar-refractivity contribution in [3.63, 3.8) is 0 Å². The van der Waals surface area contributed by atoms with Crippen molar-refractivity contribution < 1.29 is 20.1 Å². The number of benzene rings is 1. The Morgan fingerprint density at radius 2 is 1.85 bits per heavy atom. The fourth-order valence-electron chi connectivity index (χ4n) is 10.1. The minimum Gasteiger partial charge on any atom is -0.493 e. The van der Waals surface area contributed by atoms with Gasteiger partial charge in [-0.2, -0.15) is 0 Å². The average molecular weight is 570 g/mol. The average Bonchev–Trinajstić information content (AvgIpc) is 3.42. The molecule has 4 fully saturated rings. The van der Waals surface area contributed by atoms with Crippen molar-refractivity contribution in [3.8, 4) is 5.88 Å². The van der Waals surface area contributed by atoms with E-state index >= 15 is 0 Å². The molecule has 1 aromatic carbocycles. The third-order valence-electron chi connectivity index (χ3n) is 12.2. The van der Waals surface area contributed by atoms with Gasteiger partial charge in [-0.15, -0.1) is 10.2 Å². The number of aliphatic hydroxyl groups is 2. The number of H-pyrrole nitrogens is 1. The first kappa shape index (κ1) is 28.2. The summed E-state index contributed by atoms with van der Waals surface area (Å²) in [5.74, 6) is 2.32. The number of aromatic hydroxyl groups is 1. The highest BCUT2D eigenvalue weighted by Gasteiger charge is 2.62. The van der Waals surface area contributed by atoms with Crippen LogP contribution in [0.5, 0.6) is 5.88 Å². The summed E-state index contributed by atoms with van der Waals surface area (Å²) in [5.41, 5.74) is 1.33. The normalized spacial score (nSPS) is 40.1. The van der Waals surface area contributed by atoms with Crippen molar-refractivity contribution in [1.29, 1.82) is 0 Å². The summed E-state index contributed by atoms with van der Waals surface area (Å²) in [5, 5.41) is 41.2. The van der Waals surface area contributed by atoms with E-state index in [-0.39, 0.29) is 40.5 Å². The second-order valence-corrected chi connectivity index (χ2v) is 14.5. The molecule has 10 unspecified atom stereocenters. The Morgan fingerprint density at radius 3 is 2.65 bits per heavy atom. The van der Waals surface area contributed by atoms with E-state index in [1.165, 1.54) is 6.42 Å². The highest BCUT2D eigenvalue weighted by Crippen LogP contribution is 2.68. The lowest BCUT2D eigenvalue weighted by Crippen LogP contribution is -2.58. The first-order valence-electron chi connectivity index (χ1n) is 15.3. The number of azo groups is 1. The Hall–Kier alpha value is -1.96. The number of aliphatic hydroxyl groups excluding tert-OH is 2. The van der Waals surface area contributed by atoms with Gasteiger partial charge in [-0.1, -0.05) is 32.4 Å². The summed E-state index contributed by atoms with van der Waals surface area (Å²) in [4.78, 5) is 15.6. The molecule has 4 N–H and O–H groups in total. The van der Waals surface area contributed by atoms with Crippen LogP contribution < -0.4 is 0 Å². The number of halogens is 1. The van der Waals surface area contributed by atoms with E-state index in [9.17, 15) is 20.1 Å². The number of aromatic amines is 1.